The molecule has 1 saturated heterocycles. The zero-order chi connectivity index (χ0) is 19.2. The number of amides is 2. The molecule has 0 radical (unpaired) electrons. The summed E-state index contributed by atoms with van der Waals surface area (Å²) in [6, 6.07) is 11.3. The van der Waals surface area contributed by atoms with Gasteiger partial charge in [-0.3, -0.25) is 14.6 Å². The summed E-state index contributed by atoms with van der Waals surface area (Å²) >= 11 is 5.93. The zero-order valence-corrected chi connectivity index (χ0v) is 16.2. The number of pyridine rings is 1. The van der Waals surface area contributed by atoms with Crippen molar-refractivity contribution in [2.24, 2.45) is 5.92 Å². The molecular formula is C21H24ClN3O2. The monoisotopic (exact) mass is 385 g/mol. The second-order valence-corrected chi connectivity index (χ2v) is 7.28. The Morgan fingerprint density at radius 2 is 1.89 bits per heavy atom. The van der Waals surface area contributed by atoms with E-state index in [1.165, 1.54) is 0 Å². The van der Waals surface area contributed by atoms with E-state index < -0.39 is 0 Å². The van der Waals surface area contributed by atoms with Crippen molar-refractivity contribution in [2.75, 3.05) is 13.1 Å². The van der Waals surface area contributed by atoms with Crippen LogP contribution in [0.25, 0.3) is 0 Å². The van der Waals surface area contributed by atoms with Crippen LogP contribution in [0, 0.1) is 5.92 Å². The predicted molar refractivity (Wildman–Crippen MR) is 105 cm³/mol. The zero-order valence-electron chi connectivity index (χ0n) is 15.5. The van der Waals surface area contributed by atoms with Crippen molar-refractivity contribution in [1.29, 1.82) is 0 Å². The minimum atomic E-state index is -0.156. The van der Waals surface area contributed by atoms with Crippen molar-refractivity contribution in [3.8, 4) is 0 Å². The normalized spacial score (nSPS) is 17.0. The van der Waals surface area contributed by atoms with Gasteiger partial charge < -0.3 is 9.80 Å². The molecular weight excluding hydrogens is 362 g/mol. The molecule has 3 rings (SSSR count). The minimum Gasteiger partial charge on any atom is -0.338 e. The van der Waals surface area contributed by atoms with E-state index in [1.54, 1.807) is 17.3 Å². The highest BCUT2D eigenvalue weighted by atomic mass is 35.5. The Labute approximate surface area is 164 Å². The lowest BCUT2D eigenvalue weighted by molar-refractivity contribution is -0.143. The number of halogens is 1. The molecule has 1 fully saturated rings. The van der Waals surface area contributed by atoms with Crippen LogP contribution in [-0.4, -0.2) is 39.7 Å². The number of aromatic nitrogens is 1. The molecule has 27 heavy (non-hydrogen) atoms. The first kappa shape index (κ1) is 19.4. The van der Waals surface area contributed by atoms with Crippen molar-refractivity contribution in [3.63, 3.8) is 0 Å². The van der Waals surface area contributed by atoms with Gasteiger partial charge in [0.15, 0.2) is 0 Å². The lowest BCUT2D eigenvalue weighted by Crippen LogP contribution is -2.46. The summed E-state index contributed by atoms with van der Waals surface area (Å²) in [6.45, 7) is 4.17. The number of carbonyl (C=O) groups excluding carboxylic acids is 2. The van der Waals surface area contributed by atoms with Crippen LogP contribution in [0.5, 0.6) is 0 Å². The van der Waals surface area contributed by atoms with Gasteiger partial charge in [-0.05, 0) is 48.7 Å². The first-order valence-electron chi connectivity index (χ1n) is 9.26. The predicted octanol–water partition coefficient (Wildman–Crippen LogP) is 3.52. The van der Waals surface area contributed by atoms with Gasteiger partial charge in [-0.25, -0.2) is 0 Å². The number of benzene rings is 1. The smallest absolute Gasteiger partial charge is 0.227 e. The molecule has 2 aromatic rings. The maximum atomic E-state index is 13.0. The Bertz CT molecular complexity index is 780. The summed E-state index contributed by atoms with van der Waals surface area (Å²) in [5, 5.41) is 0.673. The van der Waals surface area contributed by atoms with Crippen molar-refractivity contribution in [2.45, 2.75) is 32.9 Å². The van der Waals surface area contributed by atoms with Crippen LogP contribution < -0.4 is 0 Å². The lowest BCUT2D eigenvalue weighted by Gasteiger charge is -2.34. The summed E-state index contributed by atoms with van der Waals surface area (Å²) < 4.78 is 0. The van der Waals surface area contributed by atoms with Crippen molar-refractivity contribution in [3.05, 3.63) is 64.9 Å². The maximum Gasteiger partial charge on any atom is 0.227 e. The van der Waals surface area contributed by atoms with Gasteiger partial charge in [0, 0.05) is 50.0 Å². The van der Waals surface area contributed by atoms with E-state index in [0.29, 0.717) is 44.0 Å². The third-order valence-electron chi connectivity index (χ3n) is 4.95. The number of hydrogen-bond acceptors (Lipinski definition) is 3. The van der Waals surface area contributed by atoms with Crippen molar-refractivity contribution >= 4 is 23.4 Å². The average Bonchev–Trinajstić information content (AvgIpc) is 2.70. The van der Waals surface area contributed by atoms with Crippen LogP contribution in [0.4, 0.5) is 0 Å². The van der Waals surface area contributed by atoms with Crippen LogP contribution in [0.2, 0.25) is 5.02 Å². The molecule has 1 aliphatic rings. The molecule has 5 nitrogen and oxygen atoms in total. The molecule has 142 valence electrons. The molecule has 0 unspecified atom stereocenters. The lowest BCUT2D eigenvalue weighted by atomic mass is 9.95. The fourth-order valence-electron chi connectivity index (χ4n) is 3.39. The highest BCUT2D eigenvalue weighted by Gasteiger charge is 2.32. The summed E-state index contributed by atoms with van der Waals surface area (Å²) in [4.78, 5) is 33.0. The van der Waals surface area contributed by atoms with Gasteiger partial charge in [0.2, 0.25) is 11.8 Å². The molecule has 1 aromatic heterocycles. The molecule has 0 N–H and O–H groups in total. The van der Waals surface area contributed by atoms with E-state index in [9.17, 15) is 9.59 Å². The fraction of sp³-hybridized carbons (Fsp3) is 0.381. The molecule has 1 atom stereocenters. The van der Waals surface area contributed by atoms with E-state index >= 15 is 0 Å². The van der Waals surface area contributed by atoms with Gasteiger partial charge in [-0.2, -0.15) is 0 Å². The Balaban J connectivity index is 1.65. The highest BCUT2D eigenvalue weighted by molar-refractivity contribution is 6.30. The summed E-state index contributed by atoms with van der Waals surface area (Å²) in [5.41, 5.74) is 2.08. The quantitative estimate of drug-likeness (QED) is 0.764. The summed E-state index contributed by atoms with van der Waals surface area (Å²) in [7, 11) is 0. The largest absolute Gasteiger partial charge is 0.338 e. The van der Waals surface area contributed by atoms with E-state index in [0.717, 1.165) is 11.1 Å². The topological polar surface area (TPSA) is 53.5 Å². The van der Waals surface area contributed by atoms with Gasteiger partial charge >= 0.3 is 0 Å². The molecule has 0 aliphatic carbocycles. The fourth-order valence-corrected chi connectivity index (χ4v) is 3.52. The molecule has 2 heterocycles. The molecule has 0 bridgehead atoms. The number of piperidine rings is 1. The van der Waals surface area contributed by atoms with E-state index in [-0.39, 0.29) is 17.7 Å². The second kappa shape index (κ2) is 9.00. The molecule has 0 saturated carbocycles. The highest BCUT2D eigenvalue weighted by Crippen LogP contribution is 2.23. The van der Waals surface area contributed by atoms with E-state index in [4.69, 9.17) is 11.6 Å². The third kappa shape index (κ3) is 5.07. The average molecular weight is 386 g/mol. The standard InChI is InChI=1S/C21H24ClN3O2/c1-2-24(13-17-9-11-23-12-10-17)21(27)18-5-8-20(26)25(15-18)14-16-3-6-19(22)7-4-16/h3-4,6-7,9-12,18H,2,5,8,13-15H2,1H3/t18-/m1/s1. The maximum absolute atomic E-state index is 13.0. The van der Waals surface area contributed by atoms with Gasteiger partial charge in [-0.15, -0.1) is 0 Å². The van der Waals surface area contributed by atoms with Crippen LogP contribution in [0.3, 0.4) is 0 Å². The van der Waals surface area contributed by atoms with Crippen LogP contribution in [0.15, 0.2) is 48.8 Å². The van der Waals surface area contributed by atoms with Gasteiger partial charge in [0.1, 0.15) is 0 Å². The van der Waals surface area contributed by atoms with Crippen molar-refractivity contribution < 1.29 is 9.59 Å². The molecule has 1 aliphatic heterocycles. The number of nitrogens with zero attached hydrogens (tertiary/aromatic N) is 3. The van der Waals surface area contributed by atoms with Crippen LogP contribution >= 0.6 is 11.6 Å². The Morgan fingerprint density at radius 3 is 2.56 bits per heavy atom. The van der Waals surface area contributed by atoms with Gasteiger partial charge in [0.05, 0.1) is 5.92 Å². The van der Waals surface area contributed by atoms with Crippen molar-refractivity contribution in [1.82, 2.24) is 14.8 Å². The molecule has 6 heteroatoms. The Morgan fingerprint density at radius 1 is 1.19 bits per heavy atom. The second-order valence-electron chi connectivity index (χ2n) is 6.84. The van der Waals surface area contributed by atoms with Crippen LogP contribution in [0.1, 0.15) is 30.9 Å². The Kier molecular flexibility index (Phi) is 6.45. The summed E-state index contributed by atoms with van der Waals surface area (Å²) in [5.74, 6) is 0.0610. The minimum absolute atomic E-state index is 0.103. The number of hydrogen-bond donors (Lipinski definition) is 0. The molecule has 2 amide bonds. The molecule has 0 spiro atoms. The molecule has 1 aromatic carbocycles. The third-order valence-corrected chi connectivity index (χ3v) is 5.20. The summed E-state index contributed by atoms with van der Waals surface area (Å²) in [6.07, 6.45) is 4.50. The van der Waals surface area contributed by atoms with Gasteiger partial charge in [0.25, 0.3) is 0 Å². The van der Waals surface area contributed by atoms with Crippen LogP contribution in [-0.2, 0) is 22.7 Å². The Hall–Kier alpha value is -2.40. The first-order chi connectivity index (χ1) is 13.1. The number of likely N-dealkylation sites (tertiary alicyclic amines) is 1. The number of rotatable bonds is 6. The SMILES string of the molecule is CCN(Cc1ccncc1)C(=O)[C@@H]1CCC(=O)N(Cc2ccc(Cl)cc2)C1. The number of carbonyl (C=O) groups is 2. The van der Waals surface area contributed by atoms with E-state index in [1.807, 2.05) is 48.2 Å². The van der Waals surface area contributed by atoms with E-state index in [2.05, 4.69) is 4.98 Å². The first-order valence-corrected chi connectivity index (χ1v) is 9.64. The van der Waals surface area contributed by atoms with Gasteiger partial charge in [-0.1, -0.05) is 23.7 Å².